The summed E-state index contributed by atoms with van der Waals surface area (Å²) in [7, 11) is 1.32. The molecule has 0 aromatic heterocycles. The second kappa shape index (κ2) is 6.09. The van der Waals surface area contributed by atoms with Gasteiger partial charge in [0.25, 0.3) is 5.24 Å². The minimum absolute atomic E-state index is 0.00827. The highest BCUT2D eigenvalue weighted by Gasteiger charge is 2.25. The molecule has 6 nitrogen and oxygen atoms in total. The van der Waals surface area contributed by atoms with Crippen LogP contribution in [0.5, 0.6) is 11.5 Å². The number of rotatable bonds is 5. The van der Waals surface area contributed by atoms with Crippen molar-refractivity contribution in [2.24, 2.45) is 0 Å². The van der Waals surface area contributed by atoms with E-state index in [1.54, 1.807) is 0 Å². The van der Waals surface area contributed by atoms with Crippen molar-refractivity contribution >= 4 is 22.5 Å². The van der Waals surface area contributed by atoms with E-state index in [0.717, 1.165) is 31.7 Å². The molecule has 0 N–H and O–H groups in total. The Balaban J connectivity index is 2.42. The number of nitro groups is 1. The van der Waals surface area contributed by atoms with Gasteiger partial charge in [0.05, 0.1) is 23.7 Å². The van der Waals surface area contributed by atoms with Crippen LogP contribution in [0.3, 0.4) is 0 Å². The molecule has 1 saturated carbocycles. The van der Waals surface area contributed by atoms with Gasteiger partial charge in [-0.15, -0.1) is 0 Å². The van der Waals surface area contributed by atoms with Crippen molar-refractivity contribution in [3.63, 3.8) is 0 Å². The van der Waals surface area contributed by atoms with E-state index >= 15 is 0 Å². The van der Waals surface area contributed by atoms with Gasteiger partial charge in [-0.05, 0) is 37.3 Å². The van der Waals surface area contributed by atoms with Gasteiger partial charge in [0.2, 0.25) is 5.75 Å². The summed E-state index contributed by atoms with van der Waals surface area (Å²) in [6.07, 6.45) is 3.94. The van der Waals surface area contributed by atoms with Crippen LogP contribution in [-0.4, -0.2) is 23.4 Å². The van der Waals surface area contributed by atoms with Crippen LogP contribution < -0.4 is 9.47 Å². The first-order chi connectivity index (χ1) is 9.52. The van der Waals surface area contributed by atoms with Gasteiger partial charge in [0.1, 0.15) is 5.75 Å². The third-order valence-electron chi connectivity index (χ3n) is 3.29. The van der Waals surface area contributed by atoms with Crippen molar-refractivity contribution in [1.29, 1.82) is 0 Å². The van der Waals surface area contributed by atoms with Crippen LogP contribution in [0.1, 0.15) is 36.0 Å². The quantitative estimate of drug-likeness (QED) is 0.473. The zero-order valence-corrected chi connectivity index (χ0v) is 11.7. The summed E-state index contributed by atoms with van der Waals surface area (Å²) in [5.74, 6) is 0.281. The fourth-order valence-corrected chi connectivity index (χ4v) is 2.44. The predicted molar refractivity (Wildman–Crippen MR) is 72.7 cm³/mol. The van der Waals surface area contributed by atoms with Crippen molar-refractivity contribution < 1.29 is 19.2 Å². The summed E-state index contributed by atoms with van der Waals surface area (Å²) < 4.78 is 10.7. The number of carbonyl (C=O) groups is 1. The summed E-state index contributed by atoms with van der Waals surface area (Å²) in [4.78, 5) is 21.8. The van der Waals surface area contributed by atoms with Crippen molar-refractivity contribution in [2.75, 3.05) is 7.11 Å². The smallest absolute Gasteiger partial charge is 0.311 e. The maximum atomic E-state index is 11.4. The maximum absolute atomic E-state index is 11.4. The second-order valence-corrected chi connectivity index (χ2v) is 4.92. The lowest BCUT2D eigenvalue weighted by Crippen LogP contribution is -2.13. The van der Waals surface area contributed by atoms with E-state index in [2.05, 4.69) is 0 Å². The maximum Gasteiger partial charge on any atom is 0.311 e. The fraction of sp³-hybridized carbons (Fsp3) is 0.462. The highest BCUT2D eigenvalue weighted by Crippen LogP contribution is 2.37. The van der Waals surface area contributed by atoms with E-state index in [1.807, 2.05) is 0 Å². The standard InChI is InChI=1S/C13H14ClNO5/c1-19-12-7-11(20-8-4-2-3-5-8)9(13(14)16)6-10(12)15(17)18/h6-8H,2-5H2,1H3. The van der Waals surface area contributed by atoms with Gasteiger partial charge in [0, 0.05) is 12.1 Å². The van der Waals surface area contributed by atoms with E-state index in [0.29, 0.717) is 0 Å². The summed E-state index contributed by atoms with van der Waals surface area (Å²) in [5, 5.41) is 10.2. The Morgan fingerprint density at radius 1 is 1.35 bits per heavy atom. The molecule has 0 unspecified atom stereocenters. The average Bonchev–Trinajstić information content (AvgIpc) is 2.90. The molecule has 0 atom stereocenters. The van der Waals surface area contributed by atoms with E-state index in [-0.39, 0.29) is 28.9 Å². The normalized spacial score (nSPS) is 15.1. The summed E-state index contributed by atoms with van der Waals surface area (Å²) in [6.45, 7) is 0. The first kappa shape index (κ1) is 14.6. The van der Waals surface area contributed by atoms with Gasteiger partial charge in [-0.25, -0.2) is 0 Å². The van der Waals surface area contributed by atoms with Gasteiger partial charge in [0.15, 0.2) is 0 Å². The molecule has 1 aromatic carbocycles. The molecule has 2 rings (SSSR count). The van der Waals surface area contributed by atoms with Crippen LogP contribution in [0, 0.1) is 10.1 Å². The number of hydrogen-bond donors (Lipinski definition) is 0. The number of methoxy groups -OCH3 is 1. The Bertz CT molecular complexity index is 540. The van der Waals surface area contributed by atoms with E-state index < -0.39 is 10.2 Å². The molecule has 0 spiro atoms. The molecule has 0 heterocycles. The third-order valence-corrected chi connectivity index (χ3v) is 3.49. The lowest BCUT2D eigenvalue weighted by atomic mass is 10.1. The van der Waals surface area contributed by atoms with E-state index in [9.17, 15) is 14.9 Å². The van der Waals surface area contributed by atoms with Gasteiger partial charge in [-0.1, -0.05) is 0 Å². The van der Waals surface area contributed by atoms with Crippen molar-refractivity contribution in [2.45, 2.75) is 31.8 Å². The molecule has 1 fully saturated rings. The van der Waals surface area contributed by atoms with Gasteiger partial charge in [-0.3, -0.25) is 14.9 Å². The van der Waals surface area contributed by atoms with Crippen LogP contribution in [-0.2, 0) is 0 Å². The number of ether oxygens (including phenoxy) is 2. The molecular weight excluding hydrogens is 286 g/mol. The SMILES string of the molecule is COc1cc(OC2CCCC2)c(C(=O)Cl)cc1[N+](=O)[O-]. The number of hydrogen-bond acceptors (Lipinski definition) is 5. The topological polar surface area (TPSA) is 78.7 Å². The summed E-state index contributed by atoms with van der Waals surface area (Å²) >= 11 is 5.48. The molecule has 0 amide bonds. The van der Waals surface area contributed by atoms with Gasteiger partial charge in [-0.2, -0.15) is 0 Å². The molecule has 108 valence electrons. The lowest BCUT2D eigenvalue weighted by molar-refractivity contribution is -0.385. The van der Waals surface area contributed by atoms with E-state index in [1.165, 1.54) is 13.2 Å². The van der Waals surface area contributed by atoms with Crippen molar-refractivity contribution in [3.8, 4) is 11.5 Å². The Labute approximate surface area is 120 Å². The molecule has 0 radical (unpaired) electrons. The van der Waals surface area contributed by atoms with Crippen LogP contribution in [0.25, 0.3) is 0 Å². The summed E-state index contributed by atoms with van der Waals surface area (Å²) in [5.41, 5.74) is -0.318. The molecule has 1 aliphatic rings. The highest BCUT2D eigenvalue weighted by molar-refractivity contribution is 6.68. The van der Waals surface area contributed by atoms with Gasteiger partial charge < -0.3 is 9.47 Å². The number of benzene rings is 1. The van der Waals surface area contributed by atoms with Crippen molar-refractivity contribution in [1.82, 2.24) is 0 Å². The molecule has 0 bridgehead atoms. The monoisotopic (exact) mass is 299 g/mol. The predicted octanol–water partition coefficient (Wildman–Crippen LogP) is 3.30. The molecular formula is C13H14ClNO5. The Hall–Kier alpha value is -1.82. The fourth-order valence-electron chi connectivity index (χ4n) is 2.29. The van der Waals surface area contributed by atoms with E-state index in [4.69, 9.17) is 21.1 Å². The molecule has 7 heteroatoms. The molecule has 0 aliphatic heterocycles. The van der Waals surface area contributed by atoms with Crippen LogP contribution >= 0.6 is 11.6 Å². The van der Waals surface area contributed by atoms with Crippen LogP contribution in [0.4, 0.5) is 5.69 Å². The third kappa shape index (κ3) is 3.01. The lowest BCUT2D eigenvalue weighted by Gasteiger charge is -2.16. The second-order valence-electron chi connectivity index (χ2n) is 4.58. The van der Waals surface area contributed by atoms with Crippen LogP contribution in [0.15, 0.2) is 12.1 Å². The average molecular weight is 300 g/mol. The molecule has 1 aliphatic carbocycles. The van der Waals surface area contributed by atoms with Crippen LogP contribution in [0.2, 0.25) is 0 Å². The first-order valence-electron chi connectivity index (χ1n) is 6.26. The highest BCUT2D eigenvalue weighted by atomic mass is 35.5. The zero-order valence-electron chi connectivity index (χ0n) is 10.9. The molecule has 0 saturated heterocycles. The number of nitrogens with zero attached hydrogens (tertiary/aromatic N) is 1. The molecule has 20 heavy (non-hydrogen) atoms. The Morgan fingerprint density at radius 3 is 2.50 bits per heavy atom. The minimum atomic E-state index is -0.788. The number of nitro benzene ring substituents is 1. The Morgan fingerprint density at radius 2 is 2.00 bits per heavy atom. The van der Waals surface area contributed by atoms with Crippen molar-refractivity contribution in [3.05, 3.63) is 27.8 Å². The first-order valence-corrected chi connectivity index (χ1v) is 6.63. The zero-order chi connectivity index (χ0) is 14.7. The minimum Gasteiger partial charge on any atom is -0.490 e. The van der Waals surface area contributed by atoms with Gasteiger partial charge >= 0.3 is 5.69 Å². The summed E-state index contributed by atoms with van der Waals surface area (Å²) in [6, 6.07) is 2.45. The number of carbonyl (C=O) groups excluding carboxylic acids is 1. The number of halogens is 1. The molecule has 1 aromatic rings. The largest absolute Gasteiger partial charge is 0.490 e. The Kier molecular flexibility index (Phi) is 4.44.